The van der Waals surface area contributed by atoms with Crippen molar-refractivity contribution in [2.24, 2.45) is 0 Å². The van der Waals surface area contributed by atoms with Crippen LogP contribution in [-0.4, -0.2) is 20.2 Å². The molecule has 5 heteroatoms. The zero-order valence-corrected chi connectivity index (χ0v) is 11.7. The van der Waals surface area contributed by atoms with Crippen LogP contribution in [0.2, 0.25) is 0 Å². The largest absolute Gasteiger partial charge is 0.495 e. The van der Waals surface area contributed by atoms with Crippen LogP contribution >= 0.6 is 0 Å². The van der Waals surface area contributed by atoms with Crippen LogP contribution in [0.1, 0.15) is 21.7 Å². The average molecular weight is 275 g/mol. The zero-order chi connectivity index (χ0) is 14.5. The number of aryl methyl sites for hydroxylation is 1. The molecule has 1 N–H and O–H groups in total. The molecule has 5 nitrogen and oxygen atoms in total. The molecular formula is C15H17NO4. The lowest BCUT2D eigenvalue weighted by Crippen LogP contribution is -2.07. The van der Waals surface area contributed by atoms with Gasteiger partial charge in [-0.05, 0) is 30.7 Å². The number of ether oxygens (including phenoxy) is 2. The normalized spacial score (nSPS) is 10.2. The highest BCUT2D eigenvalue weighted by atomic mass is 16.5. The number of hydrogen-bond donors (Lipinski definition) is 1. The fourth-order valence-electron chi connectivity index (χ4n) is 1.90. The van der Waals surface area contributed by atoms with Crippen molar-refractivity contribution in [1.29, 1.82) is 0 Å². The molecule has 106 valence electrons. The van der Waals surface area contributed by atoms with Gasteiger partial charge in [-0.2, -0.15) is 0 Å². The third-order valence-corrected chi connectivity index (χ3v) is 2.94. The summed E-state index contributed by atoms with van der Waals surface area (Å²) in [6, 6.07) is 7.59. The summed E-state index contributed by atoms with van der Waals surface area (Å²) in [6.07, 6.45) is 1.47. The molecule has 2 aromatic rings. The van der Waals surface area contributed by atoms with Gasteiger partial charge in [-0.15, -0.1) is 0 Å². The maximum absolute atomic E-state index is 11.5. The van der Waals surface area contributed by atoms with Gasteiger partial charge in [0.1, 0.15) is 5.75 Å². The highest BCUT2D eigenvalue weighted by molar-refractivity contribution is 5.87. The summed E-state index contributed by atoms with van der Waals surface area (Å²) in [5, 5.41) is 3.23. The maximum atomic E-state index is 11.5. The quantitative estimate of drug-likeness (QED) is 0.850. The minimum atomic E-state index is -0.483. The Morgan fingerprint density at radius 3 is 2.80 bits per heavy atom. The second-order valence-electron chi connectivity index (χ2n) is 4.32. The number of furan rings is 1. The Hall–Kier alpha value is -2.43. The fourth-order valence-corrected chi connectivity index (χ4v) is 1.90. The van der Waals surface area contributed by atoms with Crippen molar-refractivity contribution >= 4 is 11.7 Å². The van der Waals surface area contributed by atoms with Crippen LogP contribution in [0.4, 0.5) is 5.69 Å². The van der Waals surface area contributed by atoms with E-state index >= 15 is 0 Å². The number of carbonyl (C=O) groups excluding carboxylic acids is 1. The van der Waals surface area contributed by atoms with Crippen LogP contribution in [0.5, 0.6) is 5.75 Å². The third-order valence-electron chi connectivity index (χ3n) is 2.94. The van der Waals surface area contributed by atoms with Gasteiger partial charge in [-0.25, -0.2) is 4.79 Å². The molecule has 1 heterocycles. The maximum Gasteiger partial charge on any atom is 0.374 e. The van der Waals surface area contributed by atoms with Gasteiger partial charge >= 0.3 is 5.97 Å². The second kappa shape index (κ2) is 6.14. The Morgan fingerprint density at radius 1 is 1.30 bits per heavy atom. The summed E-state index contributed by atoms with van der Waals surface area (Å²) in [4.78, 5) is 11.5. The van der Waals surface area contributed by atoms with Crippen LogP contribution < -0.4 is 10.1 Å². The van der Waals surface area contributed by atoms with E-state index in [-0.39, 0.29) is 5.76 Å². The smallest absolute Gasteiger partial charge is 0.374 e. The van der Waals surface area contributed by atoms with Crippen molar-refractivity contribution in [2.45, 2.75) is 13.5 Å². The summed E-state index contributed by atoms with van der Waals surface area (Å²) in [5.41, 5.74) is 2.72. The number of esters is 1. The summed E-state index contributed by atoms with van der Waals surface area (Å²) < 4.78 is 15.1. The van der Waals surface area contributed by atoms with Gasteiger partial charge in [0.15, 0.2) is 0 Å². The molecule has 0 radical (unpaired) electrons. The number of rotatable bonds is 5. The first-order chi connectivity index (χ1) is 9.65. The number of nitrogens with one attached hydrogen (secondary N) is 1. The SMILES string of the molecule is COC(=O)c1occc1CNc1cc(C)ccc1OC. The van der Waals surface area contributed by atoms with Gasteiger partial charge < -0.3 is 19.2 Å². The molecule has 0 saturated carbocycles. The Morgan fingerprint density at radius 2 is 2.10 bits per heavy atom. The molecule has 0 aliphatic carbocycles. The lowest BCUT2D eigenvalue weighted by atomic mass is 10.2. The van der Waals surface area contributed by atoms with E-state index in [1.807, 2.05) is 25.1 Å². The monoisotopic (exact) mass is 275 g/mol. The number of methoxy groups -OCH3 is 2. The van der Waals surface area contributed by atoms with Crippen LogP contribution in [-0.2, 0) is 11.3 Å². The van der Waals surface area contributed by atoms with Crippen molar-refractivity contribution in [2.75, 3.05) is 19.5 Å². The van der Waals surface area contributed by atoms with Crippen LogP contribution in [0.3, 0.4) is 0 Å². The van der Waals surface area contributed by atoms with Gasteiger partial charge in [-0.3, -0.25) is 0 Å². The zero-order valence-electron chi connectivity index (χ0n) is 11.7. The fraction of sp³-hybridized carbons (Fsp3) is 0.267. The summed E-state index contributed by atoms with van der Waals surface area (Å²) in [5.74, 6) is 0.480. The van der Waals surface area contributed by atoms with E-state index in [1.165, 1.54) is 13.4 Å². The minimum absolute atomic E-state index is 0.214. The third kappa shape index (κ3) is 2.93. The predicted molar refractivity (Wildman–Crippen MR) is 75.1 cm³/mol. The topological polar surface area (TPSA) is 60.7 Å². The van der Waals surface area contributed by atoms with Crippen molar-refractivity contribution in [3.63, 3.8) is 0 Å². The van der Waals surface area contributed by atoms with Gasteiger partial charge in [0.2, 0.25) is 5.76 Å². The molecule has 0 unspecified atom stereocenters. The van der Waals surface area contributed by atoms with Crippen molar-refractivity contribution in [3.05, 3.63) is 47.4 Å². The Bertz CT molecular complexity index is 604. The van der Waals surface area contributed by atoms with E-state index in [9.17, 15) is 4.79 Å². The molecule has 20 heavy (non-hydrogen) atoms. The molecular weight excluding hydrogens is 258 g/mol. The lowest BCUT2D eigenvalue weighted by molar-refractivity contribution is 0.0563. The van der Waals surface area contributed by atoms with E-state index < -0.39 is 5.97 Å². The minimum Gasteiger partial charge on any atom is -0.495 e. The molecule has 1 aromatic carbocycles. The standard InChI is InChI=1S/C15H17NO4/c1-10-4-5-13(18-2)12(8-10)16-9-11-6-7-20-14(11)15(17)19-3/h4-8,16H,9H2,1-3H3. The molecule has 0 spiro atoms. The first-order valence-electron chi connectivity index (χ1n) is 6.19. The number of carbonyl (C=O) groups is 1. The molecule has 0 saturated heterocycles. The number of anilines is 1. The number of hydrogen-bond acceptors (Lipinski definition) is 5. The van der Waals surface area contributed by atoms with E-state index in [2.05, 4.69) is 10.1 Å². The molecule has 0 bridgehead atoms. The summed E-state index contributed by atoms with van der Waals surface area (Å²) in [7, 11) is 2.94. The van der Waals surface area contributed by atoms with E-state index in [4.69, 9.17) is 9.15 Å². The summed E-state index contributed by atoms with van der Waals surface area (Å²) in [6.45, 7) is 2.45. The highest BCUT2D eigenvalue weighted by Crippen LogP contribution is 2.26. The predicted octanol–water partition coefficient (Wildman–Crippen LogP) is 3.00. The highest BCUT2D eigenvalue weighted by Gasteiger charge is 2.15. The second-order valence-corrected chi connectivity index (χ2v) is 4.32. The van der Waals surface area contributed by atoms with Gasteiger partial charge in [0.05, 0.1) is 26.2 Å². The van der Waals surface area contributed by atoms with Crippen LogP contribution in [0, 0.1) is 6.92 Å². The lowest BCUT2D eigenvalue weighted by Gasteiger charge is -2.11. The molecule has 2 rings (SSSR count). The first-order valence-corrected chi connectivity index (χ1v) is 6.19. The summed E-state index contributed by atoms with van der Waals surface area (Å²) >= 11 is 0. The Balaban J connectivity index is 2.15. The molecule has 0 aliphatic heterocycles. The van der Waals surface area contributed by atoms with Crippen molar-refractivity contribution < 1.29 is 18.7 Å². The molecule has 0 fully saturated rings. The van der Waals surface area contributed by atoms with Crippen LogP contribution in [0.15, 0.2) is 34.9 Å². The average Bonchev–Trinajstić information content (AvgIpc) is 2.92. The van der Waals surface area contributed by atoms with E-state index in [0.29, 0.717) is 6.54 Å². The van der Waals surface area contributed by atoms with Crippen LogP contribution in [0.25, 0.3) is 0 Å². The van der Waals surface area contributed by atoms with E-state index in [1.54, 1.807) is 13.2 Å². The molecule has 0 atom stereocenters. The molecule has 1 aromatic heterocycles. The Kier molecular flexibility index (Phi) is 4.30. The van der Waals surface area contributed by atoms with Gasteiger partial charge in [0.25, 0.3) is 0 Å². The molecule has 0 amide bonds. The van der Waals surface area contributed by atoms with Crippen molar-refractivity contribution in [3.8, 4) is 5.75 Å². The molecule has 0 aliphatic rings. The van der Waals surface area contributed by atoms with Gasteiger partial charge in [0, 0.05) is 12.1 Å². The Labute approximate surface area is 117 Å². The van der Waals surface area contributed by atoms with Gasteiger partial charge in [-0.1, -0.05) is 6.07 Å². The van der Waals surface area contributed by atoms with E-state index in [0.717, 1.165) is 22.6 Å². The first kappa shape index (κ1) is 14.0. The number of benzene rings is 1. The van der Waals surface area contributed by atoms with Crippen molar-refractivity contribution in [1.82, 2.24) is 0 Å².